The van der Waals surface area contributed by atoms with E-state index in [0.29, 0.717) is 6.42 Å². The van der Waals surface area contributed by atoms with Gasteiger partial charge in [0.05, 0.1) is 47.6 Å². The number of esters is 1. The normalized spacial score (nSPS) is 44.5. The molecule has 0 amide bonds. The molecule has 2 aromatic rings. The van der Waals surface area contributed by atoms with Crippen LogP contribution in [-0.2, 0) is 38.0 Å². The van der Waals surface area contributed by atoms with Crippen molar-refractivity contribution in [1.82, 2.24) is 9.80 Å². The van der Waals surface area contributed by atoms with Crippen LogP contribution < -0.4 is 0 Å². The number of carbonyl (C=O) groups excluding carboxylic acids is 1. The SMILES string of the molecule is CC[C@H]1OC(=O)[C@H](C)[C@@H](O[C@H]2C[C@@](C)(OC)[C@@H](O)[C@H](C)O2)[C@H](C)[C@@H](O[C@@H]2O[C@H](C)C[C@H](N(C)C)[C@H]2O)[C@](C)(O)C[C@@H](C)[C@H]2[C@H](C)[C@@H](O[C@H](C(c3ccccc3)c3ccccc3)N2C)[C@]1(C)O. The van der Waals surface area contributed by atoms with E-state index in [-0.39, 0.29) is 55.2 Å². The Labute approximate surface area is 394 Å². The van der Waals surface area contributed by atoms with Crippen LogP contribution in [0.1, 0.15) is 112 Å². The summed E-state index contributed by atoms with van der Waals surface area (Å²) in [4.78, 5) is 19.1. The minimum Gasteiger partial charge on any atom is -0.459 e. The summed E-state index contributed by atoms with van der Waals surface area (Å²) in [6.07, 6.45) is -8.37. The van der Waals surface area contributed by atoms with Crippen molar-refractivity contribution in [1.29, 1.82) is 0 Å². The molecule has 0 spiro atoms. The highest BCUT2D eigenvalue weighted by atomic mass is 16.7. The first-order chi connectivity index (χ1) is 31.0. The number of aliphatic hydroxyl groups excluding tert-OH is 2. The van der Waals surface area contributed by atoms with E-state index in [1.54, 1.807) is 34.6 Å². The third kappa shape index (κ3) is 10.8. The minimum atomic E-state index is -1.67. The molecule has 0 radical (unpaired) electrons. The number of hydrogen-bond acceptors (Lipinski definition) is 14. The highest BCUT2D eigenvalue weighted by molar-refractivity contribution is 5.73. The Kier molecular flexibility index (Phi) is 17.0. The standard InChI is InChI=1S/C52H82N2O12/c1-15-38-52(10,59)46-31(4)41(54(13)47(65-46)40(35-22-18-16-19-23-35)36-24-20-17-21-25-36)29(2)27-50(8,58)45(66-49-42(55)37(53(11)12)26-30(3)61-49)32(5)43(33(6)48(57)63-38)64-39-28-51(9,60-14)44(56)34(7)62-39/h16-25,29-34,37-47,49,55-56,58-59H,15,26-28H2,1-14H3/t29-,30-,31+,32+,33-,34+,37+,38-,39+,41+,42-,43+,44+,45-,46-,47-,49+,50-,51-,52-/m1/s1. The molecule has 0 unspecified atom stereocenters. The third-order valence-electron chi connectivity index (χ3n) is 15.8. The molecule has 4 aliphatic heterocycles. The number of rotatable bonds is 10. The van der Waals surface area contributed by atoms with Crippen molar-refractivity contribution in [2.75, 3.05) is 28.3 Å². The molecule has 2 aromatic carbocycles. The van der Waals surface area contributed by atoms with Crippen LogP contribution in [0.2, 0.25) is 0 Å². The van der Waals surface area contributed by atoms with Gasteiger partial charge in [-0.15, -0.1) is 0 Å². The fraction of sp³-hybridized carbons (Fsp3) is 0.750. The predicted octanol–water partition coefficient (Wildman–Crippen LogP) is 5.71. The van der Waals surface area contributed by atoms with E-state index in [1.807, 2.05) is 83.2 Å². The molecule has 0 saturated carbocycles. The van der Waals surface area contributed by atoms with E-state index < -0.39 is 96.1 Å². The molecule has 372 valence electrons. The lowest BCUT2D eigenvalue weighted by molar-refractivity contribution is -0.319. The van der Waals surface area contributed by atoms with Gasteiger partial charge in [-0.25, -0.2) is 0 Å². The van der Waals surface area contributed by atoms with Crippen molar-refractivity contribution < 1.29 is 58.4 Å². The monoisotopic (exact) mass is 927 g/mol. The number of methoxy groups -OCH3 is 1. The Morgan fingerprint density at radius 3 is 1.98 bits per heavy atom. The number of likely N-dealkylation sites (N-methyl/N-ethyl adjacent to an activating group) is 2. The summed E-state index contributed by atoms with van der Waals surface area (Å²) in [7, 11) is 7.40. The fourth-order valence-electron chi connectivity index (χ4n) is 12.2. The Hall–Kier alpha value is -2.57. The molecule has 0 aromatic heterocycles. The molecule has 14 heteroatoms. The number of ether oxygens (including phenoxy) is 7. The van der Waals surface area contributed by atoms with Gasteiger partial charge in [0.25, 0.3) is 0 Å². The maximum atomic E-state index is 14.9. The number of cyclic esters (lactones) is 1. The Morgan fingerprint density at radius 2 is 1.44 bits per heavy atom. The second-order valence-electron chi connectivity index (χ2n) is 21.2. The van der Waals surface area contributed by atoms with Crippen molar-refractivity contribution >= 4 is 5.97 Å². The maximum Gasteiger partial charge on any atom is 0.311 e. The topological polar surface area (TPSA) is 169 Å². The van der Waals surface area contributed by atoms with E-state index in [9.17, 15) is 25.2 Å². The Morgan fingerprint density at radius 1 is 0.848 bits per heavy atom. The van der Waals surface area contributed by atoms with Crippen LogP contribution in [0.5, 0.6) is 0 Å². The summed E-state index contributed by atoms with van der Waals surface area (Å²) in [6.45, 7) is 18.6. The van der Waals surface area contributed by atoms with Crippen LogP contribution >= 0.6 is 0 Å². The smallest absolute Gasteiger partial charge is 0.311 e. The summed E-state index contributed by atoms with van der Waals surface area (Å²) in [6, 6.07) is 19.8. The summed E-state index contributed by atoms with van der Waals surface area (Å²) < 4.78 is 46.1. The zero-order valence-electron chi connectivity index (χ0n) is 41.9. The van der Waals surface area contributed by atoms with Crippen molar-refractivity contribution in [3.05, 3.63) is 71.8 Å². The number of fused-ring (bicyclic) bond motifs is 2. The Balaban J connectivity index is 1.49. The summed E-state index contributed by atoms with van der Waals surface area (Å²) in [5.74, 6) is -3.27. The molecule has 2 bridgehead atoms. The van der Waals surface area contributed by atoms with Gasteiger partial charge in [-0.05, 0) is 99.0 Å². The van der Waals surface area contributed by atoms with Gasteiger partial charge >= 0.3 is 5.97 Å². The van der Waals surface area contributed by atoms with Crippen LogP contribution in [0.4, 0.5) is 0 Å². The summed E-state index contributed by atoms with van der Waals surface area (Å²) in [5.41, 5.74) is -2.27. The molecule has 4 saturated heterocycles. The van der Waals surface area contributed by atoms with E-state index in [1.165, 1.54) is 7.11 Å². The lowest BCUT2D eigenvalue weighted by Gasteiger charge is -2.56. The van der Waals surface area contributed by atoms with Crippen LogP contribution in [0.15, 0.2) is 60.7 Å². The van der Waals surface area contributed by atoms with Crippen molar-refractivity contribution in [2.24, 2.45) is 23.7 Å². The fourth-order valence-corrected chi connectivity index (χ4v) is 12.2. The third-order valence-corrected chi connectivity index (χ3v) is 15.8. The number of carbonyl (C=O) groups is 1. The van der Waals surface area contributed by atoms with Crippen LogP contribution in [0.25, 0.3) is 0 Å². The van der Waals surface area contributed by atoms with Gasteiger partial charge in [0.15, 0.2) is 12.6 Å². The highest BCUT2D eigenvalue weighted by Gasteiger charge is 2.57. The second-order valence-corrected chi connectivity index (χ2v) is 21.2. The van der Waals surface area contributed by atoms with Gasteiger partial charge in [-0.3, -0.25) is 9.69 Å². The van der Waals surface area contributed by atoms with Crippen molar-refractivity contribution in [2.45, 2.75) is 197 Å². The number of benzene rings is 2. The van der Waals surface area contributed by atoms with E-state index in [2.05, 4.69) is 43.0 Å². The van der Waals surface area contributed by atoms with Gasteiger partial charge < -0.3 is 58.5 Å². The molecule has 20 atom stereocenters. The average Bonchev–Trinajstić information content (AvgIpc) is 3.26. The second kappa shape index (κ2) is 21.2. The quantitative estimate of drug-likeness (QED) is 0.214. The molecular weight excluding hydrogens is 845 g/mol. The lowest BCUT2D eigenvalue weighted by Crippen LogP contribution is -2.67. The van der Waals surface area contributed by atoms with Gasteiger partial charge in [-0.1, -0.05) is 88.4 Å². The zero-order chi connectivity index (χ0) is 48.6. The molecule has 0 aliphatic carbocycles. The van der Waals surface area contributed by atoms with E-state index in [4.69, 9.17) is 33.2 Å². The van der Waals surface area contributed by atoms with Crippen molar-refractivity contribution in [3.8, 4) is 0 Å². The Bertz CT molecular complexity index is 1810. The molecule has 4 fully saturated rings. The van der Waals surface area contributed by atoms with Crippen LogP contribution in [-0.4, -0.2) is 161 Å². The van der Waals surface area contributed by atoms with Gasteiger partial charge in [-0.2, -0.15) is 0 Å². The molecule has 4 N–H and O–H groups in total. The lowest BCUT2D eigenvalue weighted by atomic mass is 9.70. The molecule has 6 rings (SSSR count). The van der Waals surface area contributed by atoms with E-state index >= 15 is 0 Å². The molecular formula is C52H82N2O12. The summed E-state index contributed by atoms with van der Waals surface area (Å²) in [5, 5.41) is 49.2. The predicted molar refractivity (Wildman–Crippen MR) is 250 cm³/mol. The molecule has 4 aliphatic rings. The number of nitrogens with zero attached hydrogens (tertiary/aromatic N) is 2. The van der Waals surface area contributed by atoms with Crippen LogP contribution in [0.3, 0.4) is 0 Å². The minimum absolute atomic E-state index is 0.136. The molecule has 66 heavy (non-hydrogen) atoms. The molecule has 4 heterocycles. The van der Waals surface area contributed by atoms with Gasteiger partial charge in [0.2, 0.25) is 0 Å². The van der Waals surface area contributed by atoms with Gasteiger partial charge in [0, 0.05) is 43.4 Å². The molecule has 14 nitrogen and oxygen atoms in total. The average molecular weight is 927 g/mol. The van der Waals surface area contributed by atoms with Crippen molar-refractivity contribution in [3.63, 3.8) is 0 Å². The van der Waals surface area contributed by atoms with Gasteiger partial charge in [0.1, 0.15) is 30.1 Å². The number of aliphatic hydroxyl groups is 4. The largest absolute Gasteiger partial charge is 0.459 e. The maximum absolute atomic E-state index is 14.9. The first-order valence-electron chi connectivity index (χ1n) is 24.3. The first kappa shape index (κ1) is 52.8. The van der Waals surface area contributed by atoms with E-state index in [0.717, 1.165) is 11.1 Å². The number of hydrogen-bond donors (Lipinski definition) is 4. The van der Waals surface area contributed by atoms with Crippen LogP contribution in [0, 0.1) is 23.7 Å². The highest BCUT2D eigenvalue weighted by Crippen LogP contribution is 2.47. The zero-order valence-corrected chi connectivity index (χ0v) is 41.9. The summed E-state index contributed by atoms with van der Waals surface area (Å²) >= 11 is 0. The first-order valence-corrected chi connectivity index (χ1v) is 24.3.